The van der Waals surface area contributed by atoms with Gasteiger partial charge in [-0.2, -0.15) is 10.2 Å². The molecule has 0 saturated heterocycles. The van der Waals surface area contributed by atoms with Crippen LogP contribution in [0.3, 0.4) is 0 Å². The number of hydrogen-bond acceptors (Lipinski definition) is 3. The molecule has 0 aliphatic carbocycles. The number of nitrogens with zero attached hydrogens (tertiary/aromatic N) is 2. The Bertz CT molecular complexity index is 546. The molecule has 1 unspecified atom stereocenters. The van der Waals surface area contributed by atoms with Crippen molar-refractivity contribution in [3.8, 4) is 0 Å². The molecule has 2 aromatic rings. The van der Waals surface area contributed by atoms with E-state index in [-0.39, 0.29) is 6.04 Å². The van der Waals surface area contributed by atoms with E-state index in [0.717, 1.165) is 24.6 Å². The van der Waals surface area contributed by atoms with Crippen molar-refractivity contribution in [2.24, 2.45) is 0 Å². The van der Waals surface area contributed by atoms with Crippen LogP contribution < -0.4 is 5.32 Å². The number of rotatable bonds is 6. The van der Waals surface area contributed by atoms with Gasteiger partial charge in [0.2, 0.25) is 0 Å². The predicted octanol–water partition coefficient (Wildman–Crippen LogP) is 3.04. The average molecular weight is 277 g/mol. The first-order valence-electron chi connectivity index (χ1n) is 6.65. The van der Waals surface area contributed by atoms with Crippen molar-refractivity contribution < 1.29 is 8.78 Å². The van der Waals surface area contributed by atoms with Gasteiger partial charge in [0, 0.05) is 12.2 Å². The van der Waals surface area contributed by atoms with E-state index in [1.165, 1.54) is 6.07 Å². The lowest BCUT2D eigenvalue weighted by molar-refractivity contribution is 0.476. The van der Waals surface area contributed by atoms with Crippen LogP contribution in [-0.2, 0) is 6.42 Å². The van der Waals surface area contributed by atoms with E-state index in [1.807, 2.05) is 6.07 Å². The standard InChI is InChI=1S/C15H17F2N3/c1-2-7-18-14(12-6-8-19-20-10-12)9-11-4-3-5-13(16)15(11)17/h3-6,8,10,14,18H,2,7,9H2,1H3. The van der Waals surface area contributed by atoms with Gasteiger partial charge in [-0.25, -0.2) is 8.78 Å². The van der Waals surface area contributed by atoms with Crippen LogP contribution in [0, 0.1) is 11.6 Å². The van der Waals surface area contributed by atoms with Crippen LogP contribution in [0.4, 0.5) is 8.78 Å². The van der Waals surface area contributed by atoms with Gasteiger partial charge in [0.1, 0.15) is 0 Å². The molecule has 0 aliphatic rings. The van der Waals surface area contributed by atoms with Crippen LogP contribution >= 0.6 is 0 Å². The maximum absolute atomic E-state index is 13.8. The maximum Gasteiger partial charge on any atom is 0.162 e. The SMILES string of the molecule is CCCNC(Cc1cccc(F)c1F)c1ccnnc1. The summed E-state index contributed by atoms with van der Waals surface area (Å²) >= 11 is 0. The van der Waals surface area contributed by atoms with Gasteiger partial charge >= 0.3 is 0 Å². The second-order valence-corrected chi connectivity index (χ2v) is 4.60. The molecule has 1 heterocycles. The summed E-state index contributed by atoms with van der Waals surface area (Å²) in [7, 11) is 0. The first-order chi connectivity index (χ1) is 9.72. The number of hydrogen-bond donors (Lipinski definition) is 1. The molecule has 1 N–H and O–H groups in total. The number of benzene rings is 1. The van der Waals surface area contributed by atoms with Gasteiger partial charge in [-0.15, -0.1) is 0 Å². The second kappa shape index (κ2) is 7.05. The summed E-state index contributed by atoms with van der Waals surface area (Å²) in [6.07, 6.45) is 4.57. The van der Waals surface area contributed by atoms with Gasteiger partial charge in [-0.3, -0.25) is 0 Å². The Balaban J connectivity index is 2.21. The normalized spacial score (nSPS) is 12.3. The molecule has 0 saturated carbocycles. The molecular formula is C15H17F2N3. The van der Waals surface area contributed by atoms with E-state index < -0.39 is 11.6 Å². The third kappa shape index (κ3) is 3.57. The second-order valence-electron chi connectivity index (χ2n) is 4.60. The van der Waals surface area contributed by atoms with Crippen LogP contribution in [0.5, 0.6) is 0 Å². The van der Waals surface area contributed by atoms with Gasteiger partial charge in [-0.05, 0) is 42.6 Å². The Hall–Kier alpha value is -1.88. The lowest BCUT2D eigenvalue weighted by atomic mass is 10.00. The highest BCUT2D eigenvalue weighted by atomic mass is 19.2. The van der Waals surface area contributed by atoms with Crippen molar-refractivity contribution in [3.05, 3.63) is 59.4 Å². The van der Waals surface area contributed by atoms with Crippen LogP contribution in [0.2, 0.25) is 0 Å². The molecule has 0 bridgehead atoms. The molecule has 1 aromatic carbocycles. The zero-order valence-electron chi connectivity index (χ0n) is 11.3. The van der Waals surface area contributed by atoms with E-state index in [1.54, 1.807) is 18.5 Å². The summed E-state index contributed by atoms with van der Waals surface area (Å²) in [6, 6.07) is 5.98. The van der Waals surface area contributed by atoms with E-state index in [2.05, 4.69) is 22.4 Å². The van der Waals surface area contributed by atoms with E-state index in [0.29, 0.717) is 12.0 Å². The summed E-state index contributed by atoms with van der Waals surface area (Å²) in [4.78, 5) is 0. The van der Waals surface area contributed by atoms with E-state index in [9.17, 15) is 8.78 Å². The lowest BCUT2D eigenvalue weighted by Crippen LogP contribution is -2.24. The molecule has 0 aliphatic heterocycles. The zero-order chi connectivity index (χ0) is 14.4. The Morgan fingerprint density at radius 2 is 2.05 bits per heavy atom. The Kier molecular flexibility index (Phi) is 5.12. The molecule has 0 radical (unpaired) electrons. The Morgan fingerprint density at radius 3 is 2.75 bits per heavy atom. The smallest absolute Gasteiger partial charge is 0.162 e. The molecule has 1 aromatic heterocycles. The molecule has 106 valence electrons. The first kappa shape index (κ1) is 14.5. The summed E-state index contributed by atoms with van der Waals surface area (Å²) in [6.45, 7) is 2.85. The van der Waals surface area contributed by atoms with Crippen molar-refractivity contribution in [1.29, 1.82) is 0 Å². The minimum atomic E-state index is -0.815. The molecule has 20 heavy (non-hydrogen) atoms. The molecule has 0 fully saturated rings. The van der Waals surface area contributed by atoms with Gasteiger partial charge in [-0.1, -0.05) is 19.1 Å². The summed E-state index contributed by atoms with van der Waals surface area (Å²) in [5.41, 5.74) is 1.27. The van der Waals surface area contributed by atoms with Crippen LogP contribution in [0.15, 0.2) is 36.7 Å². The number of halogens is 2. The van der Waals surface area contributed by atoms with Crippen molar-refractivity contribution in [1.82, 2.24) is 15.5 Å². The van der Waals surface area contributed by atoms with Crippen LogP contribution in [0.25, 0.3) is 0 Å². The highest BCUT2D eigenvalue weighted by molar-refractivity contribution is 5.23. The van der Waals surface area contributed by atoms with Gasteiger partial charge in [0.25, 0.3) is 0 Å². The summed E-state index contributed by atoms with van der Waals surface area (Å²) in [5, 5.41) is 10.9. The van der Waals surface area contributed by atoms with Crippen LogP contribution in [-0.4, -0.2) is 16.7 Å². The monoisotopic (exact) mass is 277 g/mol. The molecule has 3 nitrogen and oxygen atoms in total. The molecule has 2 rings (SSSR count). The largest absolute Gasteiger partial charge is 0.310 e. The van der Waals surface area contributed by atoms with Crippen molar-refractivity contribution in [3.63, 3.8) is 0 Å². The highest BCUT2D eigenvalue weighted by Gasteiger charge is 2.16. The number of aromatic nitrogens is 2. The summed E-state index contributed by atoms with van der Waals surface area (Å²) < 4.78 is 27.0. The molecule has 1 atom stereocenters. The van der Waals surface area contributed by atoms with E-state index >= 15 is 0 Å². The third-order valence-electron chi connectivity index (χ3n) is 3.11. The first-order valence-corrected chi connectivity index (χ1v) is 6.65. The topological polar surface area (TPSA) is 37.8 Å². The maximum atomic E-state index is 13.8. The Labute approximate surface area is 117 Å². The molecule has 0 amide bonds. The lowest BCUT2D eigenvalue weighted by Gasteiger charge is -2.19. The van der Waals surface area contributed by atoms with Crippen molar-refractivity contribution in [2.75, 3.05) is 6.54 Å². The van der Waals surface area contributed by atoms with Crippen LogP contribution in [0.1, 0.15) is 30.5 Å². The van der Waals surface area contributed by atoms with Gasteiger partial charge in [0.05, 0.1) is 6.20 Å². The van der Waals surface area contributed by atoms with Crippen molar-refractivity contribution in [2.45, 2.75) is 25.8 Å². The van der Waals surface area contributed by atoms with Gasteiger partial charge in [0.15, 0.2) is 11.6 Å². The Morgan fingerprint density at radius 1 is 1.20 bits per heavy atom. The number of nitrogens with one attached hydrogen (secondary N) is 1. The fourth-order valence-corrected chi connectivity index (χ4v) is 2.06. The minimum absolute atomic E-state index is 0.109. The highest BCUT2D eigenvalue weighted by Crippen LogP contribution is 2.20. The van der Waals surface area contributed by atoms with Gasteiger partial charge < -0.3 is 5.32 Å². The molecule has 0 spiro atoms. The third-order valence-corrected chi connectivity index (χ3v) is 3.11. The zero-order valence-corrected chi connectivity index (χ0v) is 11.3. The average Bonchev–Trinajstić information content (AvgIpc) is 2.48. The molecular weight excluding hydrogens is 260 g/mol. The quantitative estimate of drug-likeness (QED) is 0.882. The van der Waals surface area contributed by atoms with Crippen molar-refractivity contribution >= 4 is 0 Å². The molecule has 5 heteroatoms. The van der Waals surface area contributed by atoms with E-state index in [4.69, 9.17) is 0 Å². The fraction of sp³-hybridized carbons (Fsp3) is 0.333. The fourth-order valence-electron chi connectivity index (χ4n) is 2.06. The minimum Gasteiger partial charge on any atom is -0.310 e. The summed E-state index contributed by atoms with van der Waals surface area (Å²) in [5.74, 6) is -1.59. The predicted molar refractivity (Wildman–Crippen MR) is 73.1 cm³/mol.